The Hall–Kier alpha value is -1.61. The number of carbonyl (C=O) groups excluding carboxylic acids is 1. The minimum Gasteiger partial charge on any atom is -0.394 e. The van der Waals surface area contributed by atoms with Gasteiger partial charge in [-0.3, -0.25) is 4.79 Å². The SMILES string of the molecule is CC(=O)N[C@H]1[C@@H](O[C@@H]2[C@@H](O[C@@H]3[C@H](O)[C@@H](O)O[C@H]([C@@H](O)CO)[C@H]3O[C@@H]3O[C@H](CO)[C@@H](O)[C@H](O)[C@H]3O)O[C@H]([C@@H](O)CO)[C@@H](O)[C@@H]2O[C@H]2O[C@H](CO)[C@@H](O)[C@H](O)[C@H]2O)O[C@H](CO)[C@@H](O)[C@@H]1O. The molecular formula is C34H59NO28. The third-order valence-electron chi connectivity index (χ3n) is 11.4. The van der Waals surface area contributed by atoms with Crippen LogP contribution in [0.3, 0.4) is 0 Å². The van der Waals surface area contributed by atoms with Crippen molar-refractivity contribution in [1.29, 1.82) is 0 Å². The number of ether oxygens (including phenoxy) is 9. The molecule has 0 saturated carbocycles. The van der Waals surface area contributed by atoms with Crippen LogP contribution in [0.4, 0.5) is 0 Å². The third kappa shape index (κ3) is 11.1. The molecule has 5 aliphatic rings. The Labute approximate surface area is 356 Å². The van der Waals surface area contributed by atoms with Crippen LogP contribution in [0.15, 0.2) is 0 Å². The highest BCUT2D eigenvalue weighted by Crippen LogP contribution is 2.38. The van der Waals surface area contributed by atoms with Gasteiger partial charge in [-0.1, -0.05) is 0 Å². The van der Waals surface area contributed by atoms with Crippen LogP contribution >= 0.6 is 0 Å². The predicted octanol–water partition coefficient (Wildman–Crippen LogP) is -13.1. The van der Waals surface area contributed by atoms with E-state index in [-0.39, 0.29) is 0 Å². The maximum Gasteiger partial charge on any atom is 0.217 e. The first-order valence-electron chi connectivity index (χ1n) is 19.8. The Morgan fingerprint density at radius 1 is 0.460 bits per heavy atom. The van der Waals surface area contributed by atoms with Gasteiger partial charge in [0.2, 0.25) is 5.91 Å². The molecule has 5 saturated heterocycles. The maximum atomic E-state index is 12.3. The zero-order valence-corrected chi connectivity index (χ0v) is 33.3. The molecule has 0 bridgehead atoms. The van der Waals surface area contributed by atoms with Gasteiger partial charge in [0.1, 0.15) is 134 Å². The zero-order valence-electron chi connectivity index (χ0n) is 33.3. The highest BCUT2D eigenvalue weighted by atomic mass is 16.8. The molecule has 0 radical (unpaired) electrons. The fourth-order valence-corrected chi connectivity index (χ4v) is 7.83. The Bertz CT molecular complexity index is 1420. The Balaban J connectivity index is 1.63. The summed E-state index contributed by atoms with van der Waals surface area (Å²) in [6.07, 6.45) is -53.7. The van der Waals surface area contributed by atoms with Gasteiger partial charge in [-0.15, -0.1) is 0 Å². The van der Waals surface area contributed by atoms with Gasteiger partial charge in [0.15, 0.2) is 31.5 Å². The number of hydrogen-bond acceptors (Lipinski definition) is 28. The molecule has 5 rings (SSSR count). The fraction of sp³-hybridized carbons (Fsp3) is 0.971. The Morgan fingerprint density at radius 2 is 0.873 bits per heavy atom. The topological polar surface area (TPSA) is 476 Å². The number of nitrogens with one attached hydrogen (secondary N) is 1. The first kappa shape index (κ1) is 52.4. The quantitative estimate of drug-likeness (QED) is 0.0683. The smallest absolute Gasteiger partial charge is 0.217 e. The normalized spacial score (nSPS) is 49.5. The van der Waals surface area contributed by atoms with Gasteiger partial charge in [-0.25, -0.2) is 0 Å². The first-order chi connectivity index (χ1) is 29.7. The van der Waals surface area contributed by atoms with Crippen molar-refractivity contribution in [2.75, 3.05) is 33.0 Å². The van der Waals surface area contributed by atoms with Crippen LogP contribution in [0, 0.1) is 0 Å². The minimum atomic E-state index is -2.36. The Morgan fingerprint density at radius 3 is 1.35 bits per heavy atom. The van der Waals surface area contributed by atoms with Gasteiger partial charge < -0.3 is 140 Å². The molecule has 19 N–H and O–H groups in total. The average molecular weight is 930 g/mol. The number of amides is 1. The lowest BCUT2D eigenvalue weighted by Gasteiger charge is -2.52. The van der Waals surface area contributed by atoms with Crippen molar-refractivity contribution < 1.29 is 139 Å². The second-order valence-corrected chi connectivity index (χ2v) is 15.7. The van der Waals surface area contributed by atoms with Crippen molar-refractivity contribution in [3.63, 3.8) is 0 Å². The standard InChI is InChI=1S/C34H59NO28/c1-7(41)35-13-17(47)14(44)10(4-38)55-31(13)63-29-26(60-32-20(50)18(48)15(45)11(5-39)56-32)22(52)24(8(42)2-36)59-34(29)61-27-23(53)30(54)58-25(9(43)3-37)28(27)62-33-21(51)19(49)16(46)12(6-40)57-33/h8-34,36-40,42-54H,2-6H2,1H3,(H,35,41)/t8-,9-,10+,11+,12+,13+,14+,15+,16+,17+,18-,19-,20+,21+,22+,23-,24+,25+,26-,27+,28+,29-,30-,31+,32+,33-,34+/m0/s1. The van der Waals surface area contributed by atoms with Gasteiger partial charge in [0, 0.05) is 6.92 Å². The molecule has 0 spiro atoms. The van der Waals surface area contributed by atoms with Crippen LogP contribution in [0.25, 0.3) is 0 Å². The highest BCUT2D eigenvalue weighted by molar-refractivity contribution is 5.73. The number of carbonyl (C=O) groups is 1. The molecule has 0 unspecified atom stereocenters. The predicted molar refractivity (Wildman–Crippen MR) is 190 cm³/mol. The molecule has 1 amide bonds. The van der Waals surface area contributed by atoms with Crippen molar-refractivity contribution in [2.45, 2.75) is 173 Å². The van der Waals surface area contributed by atoms with Crippen LogP contribution in [0.5, 0.6) is 0 Å². The van der Waals surface area contributed by atoms with Crippen molar-refractivity contribution in [3.05, 3.63) is 0 Å². The molecule has 5 aliphatic heterocycles. The van der Waals surface area contributed by atoms with E-state index in [1.165, 1.54) is 0 Å². The lowest BCUT2D eigenvalue weighted by Crippen LogP contribution is -2.71. The second kappa shape index (κ2) is 22.5. The van der Waals surface area contributed by atoms with E-state index in [0.29, 0.717) is 0 Å². The molecule has 0 aromatic heterocycles. The molecule has 29 nitrogen and oxygen atoms in total. The van der Waals surface area contributed by atoms with Crippen LogP contribution in [-0.4, -0.2) is 297 Å². The number of hydrogen-bond donors (Lipinski definition) is 19. The number of aliphatic hydroxyl groups is 18. The molecule has 0 aromatic rings. The first-order valence-corrected chi connectivity index (χ1v) is 19.8. The van der Waals surface area contributed by atoms with E-state index in [1.54, 1.807) is 0 Å². The summed E-state index contributed by atoms with van der Waals surface area (Å²) in [6, 6.07) is -1.77. The van der Waals surface area contributed by atoms with Crippen molar-refractivity contribution in [2.24, 2.45) is 0 Å². The van der Waals surface area contributed by atoms with E-state index in [9.17, 15) is 96.7 Å². The lowest BCUT2D eigenvalue weighted by atomic mass is 9.92. The van der Waals surface area contributed by atoms with Gasteiger partial charge in [0.05, 0.1) is 33.0 Å². The molecule has 0 aliphatic carbocycles. The molecule has 368 valence electrons. The van der Waals surface area contributed by atoms with E-state index in [1.807, 2.05) is 0 Å². The van der Waals surface area contributed by atoms with Gasteiger partial charge in [0.25, 0.3) is 0 Å². The van der Waals surface area contributed by atoms with E-state index >= 15 is 0 Å². The van der Waals surface area contributed by atoms with Crippen LogP contribution in [0.1, 0.15) is 6.92 Å². The minimum absolute atomic E-state index is 0.847. The summed E-state index contributed by atoms with van der Waals surface area (Å²) in [5.74, 6) is -0.847. The van der Waals surface area contributed by atoms with E-state index < -0.39 is 205 Å². The van der Waals surface area contributed by atoms with Crippen LogP contribution in [-0.2, 0) is 47.4 Å². The number of rotatable bonds is 16. The average Bonchev–Trinajstić information content (AvgIpc) is 3.26. The van der Waals surface area contributed by atoms with E-state index in [0.717, 1.165) is 6.92 Å². The van der Waals surface area contributed by atoms with Gasteiger partial charge >= 0.3 is 0 Å². The molecular weight excluding hydrogens is 870 g/mol. The molecule has 63 heavy (non-hydrogen) atoms. The van der Waals surface area contributed by atoms with Crippen LogP contribution < -0.4 is 5.32 Å². The molecule has 5 heterocycles. The summed E-state index contributed by atoms with van der Waals surface area (Å²) >= 11 is 0. The van der Waals surface area contributed by atoms with Crippen molar-refractivity contribution in [3.8, 4) is 0 Å². The van der Waals surface area contributed by atoms with Gasteiger partial charge in [-0.05, 0) is 0 Å². The van der Waals surface area contributed by atoms with E-state index in [2.05, 4.69) is 5.32 Å². The largest absolute Gasteiger partial charge is 0.394 e. The Kier molecular flexibility index (Phi) is 18.7. The summed E-state index contributed by atoms with van der Waals surface area (Å²) in [5, 5.41) is 193. The number of aliphatic hydroxyl groups excluding tert-OH is 18. The molecule has 27 atom stereocenters. The van der Waals surface area contributed by atoms with Crippen molar-refractivity contribution >= 4 is 5.91 Å². The monoisotopic (exact) mass is 929 g/mol. The van der Waals surface area contributed by atoms with E-state index in [4.69, 9.17) is 42.6 Å². The molecule has 5 fully saturated rings. The summed E-state index contributed by atoms with van der Waals surface area (Å²) in [5.41, 5.74) is 0. The third-order valence-corrected chi connectivity index (χ3v) is 11.4. The summed E-state index contributed by atoms with van der Waals surface area (Å²) in [6.45, 7) is -4.24. The second-order valence-electron chi connectivity index (χ2n) is 15.7. The van der Waals surface area contributed by atoms with Crippen molar-refractivity contribution in [1.82, 2.24) is 5.32 Å². The molecule has 0 aromatic carbocycles. The van der Waals surface area contributed by atoms with Gasteiger partial charge in [-0.2, -0.15) is 0 Å². The summed E-state index contributed by atoms with van der Waals surface area (Å²) < 4.78 is 51.7. The van der Waals surface area contributed by atoms with Crippen LogP contribution in [0.2, 0.25) is 0 Å². The molecule has 29 heteroatoms. The maximum absolute atomic E-state index is 12.3. The fourth-order valence-electron chi connectivity index (χ4n) is 7.83. The summed E-state index contributed by atoms with van der Waals surface area (Å²) in [7, 11) is 0. The zero-order chi connectivity index (χ0) is 46.8. The highest BCUT2D eigenvalue weighted by Gasteiger charge is 2.59. The summed E-state index contributed by atoms with van der Waals surface area (Å²) in [4.78, 5) is 12.3. The lowest BCUT2D eigenvalue weighted by molar-refractivity contribution is -0.413.